The Bertz CT molecular complexity index is 546. The average Bonchev–Trinajstić information content (AvgIpc) is 2.32. The highest BCUT2D eigenvalue weighted by molar-refractivity contribution is 7.90. The van der Waals surface area contributed by atoms with E-state index in [1.165, 1.54) is 12.1 Å². The van der Waals surface area contributed by atoms with Gasteiger partial charge in [-0.1, -0.05) is 12.1 Å². The SMILES string of the molecule is CS(=O)(=O)CCC(N)C(=O)NCc1cccc(F)c1. The maximum Gasteiger partial charge on any atom is 0.237 e. The molecule has 0 aliphatic carbocycles. The van der Waals surface area contributed by atoms with Gasteiger partial charge in [-0.25, -0.2) is 12.8 Å². The lowest BCUT2D eigenvalue weighted by Crippen LogP contribution is -2.41. The van der Waals surface area contributed by atoms with Crippen molar-refractivity contribution >= 4 is 15.7 Å². The summed E-state index contributed by atoms with van der Waals surface area (Å²) in [6.07, 6.45) is 1.15. The fourth-order valence-corrected chi connectivity index (χ4v) is 2.12. The van der Waals surface area contributed by atoms with E-state index in [1.807, 2.05) is 0 Å². The summed E-state index contributed by atoms with van der Waals surface area (Å²) < 4.78 is 34.8. The van der Waals surface area contributed by atoms with Crippen LogP contribution >= 0.6 is 0 Å². The predicted octanol–water partition coefficient (Wildman–Crippen LogP) is 0.204. The second kappa shape index (κ2) is 6.63. The molecule has 7 heteroatoms. The van der Waals surface area contributed by atoms with Gasteiger partial charge in [0.25, 0.3) is 0 Å². The lowest BCUT2D eigenvalue weighted by atomic mass is 10.2. The monoisotopic (exact) mass is 288 g/mol. The molecule has 0 aliphatic rings. The number of sulfone groups is 1. The summed E-state index contributed by atoms with van der Waals surface area (Å²) in [5, 5.41) is 2.54. The first-order chi connectivity index (χ1) is 8.78. The van der Waals surface area contributed by atoms with E-state index in [9.17, 15) is 17.6 Å². The largest absolute Gasteiger partial charge is 0.351 e. The third-order valence-electron chi connectivity index (χ3n) is 2.49. The lowest BCUT2D eigenvalue weighted by molar-refractivity contribution is -0.122. The van der Waals surface area contributed by atoms with Crippen molar-refractivity contribution < 1.29 is 17.6 Å². The normalized spacial score (nSPS) is 13.0. The molecule has 1 amide bonds. The molecule has 3 N–H and O–H groups in total. The summed E-state index contributed by atoms with van der Waals surface area (Å²) in [6.45, 7) is 0.156. The van der Waals surface area contributed by atoms with Gasteiger partial charge in [0, 0.05) is 12.8 Å². The van der Waals surface area contributed by atoms with E-state index in [4.69, 9.17) is 5.73 Å². The number of hydrogen-bond acceptors (Lipinski definition) is 4. The van der Waals surface area contributed by atoms with Crippen molar-refractivity contribution in [2.45, 2.75) is 19.0 Å². The van der Waals surface area contributed by atoms with Crippen LogP contribution in [0.15, 0.2) is 24.3 Å². The van der Waals surface area contributed by atoms with Crippen LogP contribution < -0.4 is 11.1 Å². The molecule has 0 saturated carbocycles. The quantitative estimate of drug-likeness (QED) is 0.783. The zero-order valence-electron chi connectivity index (χ0n) is 10.6. The molecule has 1 aromatic carbocycles. The first-order valence-corrected chi connectivity index (χ1v) is 7.79. The molecule has 19 heavy (non-hydrogen) atoms. The molecule has 0 aliphatic heterocycles. The first kappa shape index (κ1) is 15.6. The number of halogens is 1. The molecule has 1 rings (SSSR count). The van der Waals surface area contributed by atoms with Gasteiger partial charge in [-0.2, -0.15) is 0 Å². The van der Waals surface area contributed by atoms with Gasteiger partial charge in [0.2, 0.25) is 5.91 Å². The number of rotatable bonds is 6. The maximum absolute atomic E-state index is 12.9. The molecule has 0 bridgehead atoms. The van der Waals surface area contributed by atoms with Crippen LogP contribution in [0.1, 0.15) is 12.0 Å². The van der Waals surface area contributed by atoms with Gasteiger partial charge in [0.1, 0.15) is 15.7 Å². The second-order valence-electron chi connectivity index (χ2n) is 4.37. The molecule has 0 radical (unpaired) electrons. The Morgan fingerprint density at radius 1 is 1.47 bits per heavy atom. The van der Waals surface area contributed by atoms with E-state index in [0.717, 1.165) is 6.26 Å². The summed E-state index contributed by atoms with van der Waals surface area (Å²) >= 11 is 0. The third kappa shape index (κ3) is 6.30. The highest BCUT2D eigenvalue weighted by atomic mass is 32.2. The van der Waals surface area contributed by atoms with E-state index < -0.39 is 21.8 Å². The molecular formula is C12H17FN2O3S. The van der Waals surface area contributed by atoms with Crippen molar-refractivity contribution in [2.24, 2.45) is 5.73 Å². The Labute approximate surface area is 111 Å². The number of hydrogen-bond donors (Lipinski definition) is 2. The minimum Gasteiger partial charge on any atom is -0.351 e. The van der Waals surface area contributed by atoms with Crippen LogP contribution in [0.5, 0.6) is 0 Å². The van der Waals surface area contributed by atoms with Crippen molar-refractivity contribution in [1.29, 1.82) is 0 Å². The summed E-state index contributed by atoms with van der Waals surface area (Å²) in [5.74, 6) is -0.970. The molecular weight excluding hydrogens is 271 g/mol. The Morgan fingerprint density at radius 2 is 2.16 bits per heavy atom. The van der Waals surface area contributed by atoms with E-state index in [0.29, 0.717) is 5.56 Å². The molecule has 1 aromatic rings. The Morgan fingerprint density at radius 3 is 2.74 bits per heavy atom. The van der Waals surface area contributed by atoms with Crippen LogP contribution in [0.4, 0.5) is 4.39 Å². The van der Waals surface area contributed by atoms with Gasteiger partial charge < -0.3 is 11.1 Å². The fraction of sp³-hybridized carbons (Fsp3) is 0.417. The number of nitrogens with two attached hydrogens (primary N) is 1. The van der Waals surface area contributed by atoms with Crippen LogP contribution in [0.2, 0.25) is 0 Å². The molecule has 5 nitrogen and oxygen atoms in total. The molecule has 0 fully saturated rings. The highest BCUT2D eigenvalue weighted by Gasteiger charge is 2.15. The summed E-state index contributed by atoms with van der Waals surface area (Å²) in [7, 11) is -3.14. The summed E-state index contributed by atoms with van der Waals surface area (Å²) in [6, 6.07) is 4.94. The van der Waals surface area contributed by atoms with Gasteiger partial charge >= 0.3 is 0 Å². The second-order valence-corrected chi connectivity index (χ2v) is 6.63. The molecule has 0 spiro atoms. The van der Waals surface area contributed by atoms with E-state index >= 15 is 0 Å². The zero-order valence-corrected chi connectivity index (χ0v) is 11.4. The van der Waals surface area contributed by atoms with Crippen molar-refractivity contribution in [3.63, 3.8) is 0 Å². The lowest BCUT2D eigenvalue weighted by Gasteiger charge is -2.11. The average molecular weight is 288 g/mol. The van der Waals surface area contributed by atoms with Crippen molar-refractivity contribution in [1.82, 2.24) is 5.32 Å². The molecule has 0 heterocycles. The highest BCUT2D eigenvalue weighted by Crippen LogP contribution is 2.03. The van der Waals surface area contributed by atoms with Gasteiger partial charge in [0.05, 0.1) is 11.8 Å². The Balaban J connectivity index is 2.42. The fourth-order valence-electron chi connectivity index (χ4n) is 1.44. The molecule has 0 aromatic heterocycles. The number of carbonyl (C=O) groups excluding carboxylic acids is 1. The topological polar surface area (TPSA) is 89.3 Å². The van der Waals surface area contributed by atoms with Crippen LogP contribution in [-0.4, -0.2) is 32.4 Å². The molecule has 1 atom stereocenters. The number of amides is 1. The van der Waals surface area contributed by atoms with E-state index in [1.54, 1.807) is 12.1 Å². The van der Waals surface area contributed by atoms with Crippen molar-refractivity contribution in [3.8, 4) is 0 Å². The molecule has 0 saturated heterocycles. The Kier molecular flexibility index (Phi) is 5.44. The number of carbonyl (C=O) groups is 1. The third-order valence-corrected chi connectivity index (χ3v) is 3.47. The van der Waals surface area contributed by atoms with Crippen LogP contribution in [-0.2, 0) is 21.2 Å². The summed E-state index contributed by atoms with van der Waals surface area (Å²) in [5.41, 5.74) is 6.18. The van der Waals surface area contributed by atoms with Crippen molar-refractivity contribution in [2.75, 3.05) is 12.0 Å². The smallest absolute Gasteiger partial charge is 0.237 e. The molecule has 1 unspecified atom stereocenters. The predicted molar refractivity (Wildman–Crippen MR) is 70.5 cm³/mol. The van der Waals surface area contributed by atoms with Crippen molar-refractivity contribution in [3.05, 3.63) is 35.6 Å². The summed E-state index contributed by atoms with van der Waals surface area (Å²) in [4.78, 5) is 11.6. The standard InChI is InChI=1S/C12H17FN2O3S/c1-19(17,18)6-5-11(14)12(16)15-8-9-3-2-4-10(13)7-9/h2-4,7,11H,5-6,8,14H2,1H3,(H,15,16). The minimum atomic E-state index is -3.14. The van der Waals surface area contributed by atoms with E-state index in [2.05, 4.69) is 5.32 Å². The van der Waals surface area contributed by atoms with Gasteiger partial charge in [-0.3, -0.25) is 4.79 Å². The first-order valence-electron chi connectivity index (χ1n) is 5.73. The van der Waals surface area contributed by atoms with Crippen LogP contribution in [0.25, 0.3) is 0 Å². The Hall–Kier alpha value is -1.47. The van der Waals surface area contributed by atoms with Crippen LogP contribution in [0, 0.1) is 5.82 Å². The van der Waals surface area contributed by atoms with Gasteiger partial charge in [0.15, 0.2) is 0 Å². The van der Waals surface area contributed by atoms with Crippen LogP contribution in [0.3, 0.4) is 0 Å². The minimum absolute atomic E-state index is 0.0633. The molecule has 106 valence electrons. The number of nitrogens with one attached hydrogen (secondary N) is 1. The van der Waals surface area contributed by atoms with E-state index in [-0.39, 0.29) is 24.5 Å². The van der Waals surface area contributed by atoms with Gasteiger partial charge in [-0.15, -0.1) is 0 Å². The number of benzene rings is 1. The van der Waals surface area contributed by atoms with Gasteiger partial charge in [-0.05, 0) is 24.1 Å². The maximum atomic E-state index is 12.9. The zero-order chi connectivity index (χ0) is 14.5.